The second kappa shape index (κ2) is 8.10. The first-order valence-electron chi connectivity index (χ1n) is 9.81. The molecule has 148 valence electrons. The fourth-order valence-electron chi connectivity index (χ4n) is 3.91. The molecule has 0 amide bonds. The molecule has 7 heteroatoms. The van der Waals surface area contributed by atoms with Crippen LogP contribution in [-0.4, -0.2) is 56.2 Å². The van der Waals surface area contributed by atoms with Crippen LogP contribution in [-0.2, 0) is 23.4 Å². The van der Waals surface area contributed by atoms with Crippen LogP contribution in [0.25, 0.3) is 0 Å². The predicted molar refractivity (Wildman–Crippen MR) is 99.1 cm³/mol. The van der Waals surface area contributed by atoms with Crippen LogP contribution >= 0.6 is 0 Å². The van der Waals surface area contributed by atoms with E-state index in [2.05, 4.69) is 0 Å². The minimum Gasteiger partial charge on any atom is -0.455 e. The van der Waals surface area contributed by atoms with E-state index >= 15 is 0 Å². The fraction of sp³-hybridized carbons (Fsp3) is 0.842. The van der Waals surface area contributed by atoms with E-state index < -0.39 is 44.5 Å². The zero-order valence-corrected chi connectivity index (χ0v) is 17.1. The first kappa shape index (κ1) is 20.0. The van der Waals surface area contributed by atoms with Crippen LogP contribution in [0, 0.1) is 0 Å². The van der Waals surface area contributed by atoms with E-state index in [1.54, 1.807) is 0 Å². The van der Waals surface area contributed by atoms with Crippen LogP contribution in [0.1, 0.15) is 44.9 Å². The Morgan fingerprint density at radius 3 is 2.54 bits per heavy atom. The molecule has 26 heavy (non-hydrogen) atoms. The van der Waals surface area contributed by atoms with Gasteiger partial charge in [0.15, 0.2) is 20.2 Å². The Morgan fingerprint density at radius 2 is 1.85 bits per heavy atom. The van der Waals surface area contributed by atoms with Gasteiger partial charge in [0, 0.05) is 19.3 Å². The molecule has 1 N–H and O–H groups in total. The molecular weight excluding hydrogens is 352 g/mol. The smallest absolute Gasteiger partial charge is 0.334 e. The molecule has 0 aromatic heterocycles. The number of carbonyl (C=O) groups is 1. The van der Waals surface area contributed by atoms with Gasteiger partial charge >= 0.3 is 5.97 Å². The summed E-state index contributed by atoms with van der Waals surface area (Å²) in [6.45, 7) is 6.48. The third kappa shape index (κ3) is 4.95. The van der Waals surface area contributed by atoms with Crippen molar-refractivity contribution in [2.75, 3.05) is 6.61 Å². The fourth-order valence-corrected chi connectivity index (χ4v) is 4.96. The summed E-state index contributed by atoms with van der Waals surface area (Å²) >= 11 is 0. The monoisotopic (exact) mass is 384 g/mol. The molecule has 0 bridgehead atoms. The molecule has 2 aliphatic heterocycles. The van der Waals surface area contributed by atoms with E-state index in [0.29, 0.717) is 19.4 Å². The maximum Gasteiger partial charge on any atom is 0.334 e. The molecule has 0 unspecified atom stereocenters. The Bertz CT molecular complexity index is 523. The number of carbonyl (C=O) groups excluding carboxylic acids is 1. The average Bonchev–Trinajstić information content (AvgIpc) is 2.98. The molecule has 3 aliphatic rings. The molecule has 0 aromatic carbocycles. The number of aliphatic hydroxyl groups is 1. The second-order valence-electron chi connectivity index (χ2n) is 8.57. The lowest BCUT2D eigenvalue weighted by Gasteiger charge is -2.33. The van der Waals surface area contributed by atoms with Crippen LogP contribution in [0.4, 0.5) is 0 Å². The largest absolute Gasteiger partial charge is 0.455 e. The van der Waals surface area contributed by atoms with Crippen molar-refractivity contribution < 1.29 is 28.5 Å². The van der Waals surface area contributed by atoms with E-state index in [1.165, 1.54) is 6.42 Å². The van der Waals surface area contributed by atoms with Crippen LogP contribution < -0.4 is 0 Å². The summed E-state index contributed by atoms with van der Waals surface area (Å²) in [4.78, 5) is 12.7. The van der Waals surface area contributed by atoms with Crippen molar-refractivity contribution in [3.8, 4) is 0 Å². The molecule has 2 heterocycles. The Kier molecular flexibility index (Phi) is 6.24. The lowest BCUT2D eigenvalue weighted by atomic mass is 9.94. The second-order valence-corrected chi connectivity index (χ2v) is 13.0. The molecule has 2 fully saturated rings. The van der Waals surface area contributed by atoms with Crippen LogP contribution in [0.2, 0.25) is 19.6 Å². The summed E-state index contributed by atoms with van der Waals surface area (Å²) < 4.78 is 23.9. The van der Waals surface area contributed by atoms with Crippen LogP contribution in [0.3, 0.4) is 0 Å². The van der Waals surface area contributed by atoms with Gasteiger partial charge in [-0.25, -0.2) is 4.79 Å². The van der Waals surface area contributed by atoms with Crippen molar-refractivity contribution in [1.82, 2.24) is 0 Å². The zero-order valence-electron chi connectivity index (χ0n) is 16.1. The minimum absolute atomic E-state index is 0.346. The standard InChI is InChI=1S/C19H32O6Si/c1-26(2,3)25-15-10-6-5-9-14(20)17(23-18(15)21)16-13-22-19(24-16)11-7-4-8-12-19/h5-6,14-17,20H,4,7-13H2,1-3H3/b6-5-/t14-,15+,16-,17-/m0/s1. The van der Waals surface area contributed by atoms with Crippen molar-refractivity contribution in [2.45, 2.75) is 94.8 Å². The molecule has 0 aromatic rings. The number of ether oxygens (including phenoxy) is 3. The number of cyclic esters (lactones) is 1. The first-order valence-corrected chi connectivity index (χ1v) is 13.2. The van der Waals surface area contributed by atoms with Gasteiger partial charge in [0.1, 0.15) is 12.2 Å². The minimum atomic E-state index is -1.90. The van der Waals surface area contributed by atoms with Gasteiger partial charge in [-0.3, -0.25) is 0 Å². The van der Waals surface area contributed by atoms with Crippen LogP contribution in [0.15, 0.2) is 12.2 Å². The highest BCUT2D eigenvalue weighted by molar-refractivity contribution is 6.69. The Labute approximate surface area is 157 Å². The molecule has 4 atom stereocenters. The summed E-state index contributed by atoms with van der Waals surface area (Å²) in [6, 6.07) is 0. The van der Waals surface area contributed by atoms with E-state index in [0.717, 1.165) is 25.7 Å². The van der Waals surface area contributed by atoms with Gasteiger partial charge < -0.3 is 23.7 Å². The van der Waals surface area contributed by atoms with Crippen molar-refractivity contribution >= 4 is 14.3 Å². The van der Waals surface area contributed by atoms with Gasteiger partial charge in [-0.1, -0.05) is 18.6 Å². The summed E-state index contributed by atoms with van der Waals surface area (Å²) in [6.07, 6.45) is 7.14. The molecule has 6 nitrogen and oxygen atoms in total. The SMILES string of the molecule is C[Si](C)(C)O[C@@H]1C/C=C\C[C@H](O)[C@@H]([C@@H]2COC3(CCCCC3)O2)OC1=O. The van der Waals surface area contributed by atoms with Gasteiger partial charge in [-0.05, 0) is 38.9 Å². The average molecular weight is 385 g/mol. The van der Waals surface area contributed by atoms with E-state index in [9.17, 15) is 9.90 Å². The summed E-state index contributed by atoms with van der Waals surface area (Å²) in [5.41, 5.74) is 0. The lowest BCUT2D eigenvalue weighted by Crippen LogP contribution is -2.46. The highest BCUT2D eigenvalue weighted by Crippen LogP contribution is 2.39. The first-order chi connectivity index (χ1) is 12.3. The topological polar surface area (TPSA) is 74.2 Å². The van der Waals surface area contributed by atoms with Crippen molar-refractivity contribution in [3.63, 3.8) is 0 Å². The van der Waals surface area contributed by atoms with Gasteiger partial charge in [0.05, 0.1) is 12.7 Å². The molecule has 1 spiro atoms. The number of aliphatic hydroxyl groups excluding tert-OH is 1. The van der Waals surface area contributed by atoms with Crippen molar-refractivity contribution in [3.05, 3.63) is 12.2 Å². The summed E-state index contributed by atoms with van der Waals surface area (Å²) in [7, 11) is -1.90. The zero-order chi connectivity index (χ0) is 18.8. The Balaban J connectivity index is 1.71. The van der Waals surface area contributed by atoms with Gasteiger partial charge in [-0.2, -0.15) is 0 Å². The highest BCUT2D eigenvalue weighted by Gasteiger charge is 2.48. The molecule has 3 rings (SSSR count). The predicted octanol–water partition coefficient (Wildman–Crippen LogP) is 2.91. The molecule has 0 radical (unpaired) electrons. The number of esters is 1. The number of hydrogen-bond donors (Lipinski definition) is 1. The molecular formula is C19H32O6Si. The summed E-state index contributed by atoms with van der Waals surface area (Å²) in [5.74, 6) is -0.978. The molecule has 1 saturated heterocycles. The third-order valence-electron chi connectivity index (χ3n) is 5.14. The van der Waals surface area contributed by atoms with E-state index in [1.807, 2.05) is 31.8 Å². The van der Waals surface area contributed by atoms with Crippen molar-refractivity contribution in [2.24, 2.45) is 0 Å². The van der Waals surface area contributed by atoms with Gasteiger partial charge in [0.2, 0.25) is 0 Å². The highest BCUT2D eigenvalue weighted by atomic mass is 28.4. The molecule has 1 saturated carbocycles. The normalized spacial score (nSPS) is 36.8. The van der Waals surface area contributed by atoms with E-state index in [4.69, 9.17) is 18.6 Å². The quantitative estimate of drug-likeness (QED) is 0.458. The maximum atomic E-state index is 12.7. The van der Waals surface area contributed by atoms with Crippen LogP contribution in [0.5, 0.6) is 0 Å². The Hall–Kier alpha value is -0.733. The van der Waals surface area contributed by atoms with Gasteiger partial charge in [-0.15, -0.1) is 0 Å². The third-order valence-corrected chi connectivity index (χ3v) is 6.13. The molecule has 1 aliphatic carbocycles. The number of rotatable bonds is 3. The number of hydrogen-bond acceptors (Lipinski definition) is 6. The van der Waals surface area contributed by atoms with Gasteiger partial charge in [0.25, 0.3) is 0 Å². The van der Waals surface area contributed by atoms with E-state index in [-0.39, 0.29) is 0 Å². The van der Waals surface area contributed by atoms with Crippen molar-refractivity contribution in [1.29, 1.82) is 0 Å². The Morgan fingerprint density at radius 1 is 1.15 bits per heavy atom. The maximum absolute atomic E-state index is 12.7. The lowest BCUT2D eigenvalue weighted by molar-refractivity contribution is -0.209. The summed E-state index contributed by atoms with van der Waals surface area (Å²) in [5, 5.41) is 10.6.